The first-order valence-electron chi connectivity index (χ1n) is 8.03. The molecule has 3 rings (SSSR count). The number of ether oxygens (including phenoxy) is 2. The molecule has 1 unspecified atom stereocenters. The van der Waals surface area contributed by atoms with Crippen LogP contribution >= 0.6 is 0 Å². The van der Waals surface area contributed by atoms with Crippen molar-refractivity contribution >= 4 is 11.9 Å². The van der Waals surface area contributed by atoms with Gasteiger partial charge in [-0.2, -0.15) is 0 Å². The highest BCUT2D eigenvalue weighted by Gasteiger charge is 2.48. The zero-order valence-electron chi connectivity index (χ0n) is 13.3. The molecule has 1 amide bonds. The van der Waals surface area contributed by atoms with Crippen molar-refractivity contribution in [3.63, 3.8) is 0 Å². The van der Waals surface area contributed by atoms with Crippen LogP contribution in [0.1, 0.15) is 29.6 Å². The number of benzene rings is 1. The maximum absolute atomic E-state index is 13.0. The number of aliphatic carboxylic acids is 1. The lowest BCUT2D eigenvalue weighted by atomic mass is 9.86. The van der Waals surface area contributed by atoms with Crippen LogP contribution in [0.5, 0.6) is 5.75 Å². The summed E-state index contributed by atoms with van der Waals surface area (Å²) in [5.41, 5.74) is 0.0741. The van der Waals surface area contributed by atoms with E-state index in [-0.39, 0.29) is 11.4 Å². The van der Waals surface area contributed by atoms with E-state index in [0.29, 0.717) is 50.3 Å². The number of aliphatic hydroxyl groups is 1. The van der Waals surface area contributed by atoms with Crippen LogP contribution in [0, 0.1) is 0 Å². The standard InChI is InChI=1S/C17H21NO6/c19-13-9-17(4-6-23-7-5-17)18(10-13)16(22)12-2-1-3-14(8-12)24-11-15(20)21/h1-3,8,13,19H,4-7,9-11H2,(H,20,21). The molecular formula is C17H21NO6. The molecule has 7 heteroatoms. The lowest BCUT2D eigenvalue weighted by molar-refractivity contribution is -0.139. The Morgan fingerprint density at radius 2 is 2.08 bits per heavy atom. The summed E-state index contributed by atoms with van der Waals surface area (Å²) < 4.78 is 10.5. The SMILES string of the molecule is O=C(O)COc1cccc(C(=O)N2CC(O)CC23CCOCC3)c1. The first-order valence-corrected chi connectivity index (χ1v) is 8.03. The van der Waals surface area contributed by atoms with Gasteiger partial charge in [0, 0.05) is 25.3 Å². The number of likely N-dealkylation sites (tertiary alicyclic amines) is 1. The number of carbonyl (C=O) groups excluding carboxylic acids is 1. The monoisotopic (exact) mass is 335 g/mol. The van der Waals surface area contributed by atoms with E-state index < -0.39 is 18.7 Å². The molecule has 2 aliphatic rings. The number of β-amino-alcohol motifs (C(OH)–C–C–N with tert-alkyl or cyclic N) is 1. The molecule has 0 bridgehead atoms. The molecule has 1 spiro atoms. The van der Waals surface area contributed by atoms with Gasteiger partial charge in [-0.05, 0) is 37.5 Å². The molecule has 0 radical (unpaired) electrons. The van der Waals surface area contributed by atoms with Gasteiger partial charge in [-0.25, -0.2) is 4.79 Å². The van der Waals surface area contributed by atoms with Gasteiger partial charge in [-0.1, -0.05) is 6.07 Å². The third-order valence-corrected chi connectivity index (χ3v) is 4.69. The number of carboxylic acid groups (broad SMARTS) is 1. The van der Waals surface area contributed by atoms with E-state index in [0.717, 1.165) is 0 Å². The van der Waals surface area contributed by atoms with Gasteiger partial charge >= 0.3 is 5.97 Å². The third-order valence-electron chi connectivity index (χ3n) is 4.69. The summed E-state index contributed by atoms with van der Waals surface area (Å²) in [4.78, 5) is 25.3. The number of aliphatic hydroxyl groups excluding tert-OH is 1. The molecule has 0 aromatic heterocycles. The number of hydrogen-bond acceptors (Lipinski definition) is 5. The summed E-state index contributed by atoms with van der Waals surface area (Å²) in [7, 11) is 0. The first kappa shape index (κ1) is 16.7. The zero-order chi connectivity index (χ0) is 17.2. The Balaban J connectivity index is 1.80. The molecule has 1 atom stereocenters. The van der Waals surface area contributed by atoms with E-state index >= 15 is 0 Å². The molecule has 130 valence electrons. The highest BCUT2D eigenvalue weighted by molar-refractivity contribution is 5.95. The van der Waals surface area contributed by atoms with Crippen molar-refractivity contribution in [2.45, 2.75) is 30.9 Å². The lowest BCUT2D eigenvalue weighted by Crippen LogP contribution is -2.50. The molecule has 2 aliphatic heterocycles. The summed E-state index contributed by atoms with van der Waals surface area (Å²) in [6.45, 7) is 1.01. The third kappa shape index (κ3) is 3.37. The average Bonchev–Trinajstić information content (AvgIpc) is 2.89. The van der Waals surface area contributed by atoms with Crippen molar-refractivity contribution in [1.82, 2.24) is 4.90 Å². The van der Waals surface area contributed by atoms with Crippen LogP contribution in [0.4, 0.5) is 0 Å². The minimum absolute atomic E-state index is 0.172. The van der Waals surface area contributed by atoms with Crippen LogP contribution in [0.2, 0.25) is 0 Å². The van der Waals surface area contributed by atoms with Crippen LogP contribution in [0.3, 0.4) is 0 Å². The Bertz CT molecular complexity index is 625. The summed E-state index contributed by atoms with van der Waals surface area (Å²) in [5.74, 6) is -0.909. The topological polar surface area (TPSA) is 96.3 Å². The number of carbonyl (C=O) groups is 2. The van der Waals surface area contributed by atoms with Crippen LogP contribution < -0.4 is 4.74 Å². The van der Waals surface area contributed by atoms with E-state index in [1.807, 2.05) is 0 Å². The molecule has 24 heavy (non-hydrogen) atoms. The molecule has 2 saturated heterocycles. The maximum atomic E-state index is 13.0. The fraction of sp³-hybridized carbons (Fsp3) is 0.529. The highest BCUT2D eigenvalue weighted by Crippen LogP contribution is 2.39. The minimum atomic E-state index is -1.07. The van der Waals surface area contributed by atoms with Gasteiger partial charge in [0.25, 0.3) is 5.91 Å². The Labute approximate surface area is 139 Å². The van der Waals surface area contributed by atoms with Crippen molar-refractivity contribution in [2.24, 2.45) is 0 Å². The second-order valence-corrected chi connectivity index (χ2v) is 6.32. The fourth-order valence-electron chi connectivity index (χ4n) is 3.56. The van der Waals surface area contributed by atoms with Gasteiger partial charge in [0.2, 0.25) is 0 Å². The second kappa shape index (κ2) is 6.78. The van der Waals surface area contributed by atoms with E-state index in [9.17, 15) is 14.7 Å². The van der Waals surface area contributed by atoms with Crippen LogP contribution in [0.15, 0.2) is 24.3 Å². The zero-order valence-corrected chi connectivity index (χ0v) is 13.3. The largest absolute Gasteiger partial charge is 0.482 e. The fourth-order valence-corrected chi connectivity index (χ4v) is 3.56. The minimum Gasteiger partial charge on any atom is -0.482 e. The summed E-state index contributed by atoms with van der Waals surface area (Å²) in [6.07, 6.45) is 1.46. The number of carboxylic acids is 1. The predicted molar refractivity (Wildman–Crippen MR) is 84.0 cm³/mol. The van der Waals surface area contributed by atoms with E-state index in [4.69, 9.17) is 14.6 Å². The molecule has 1 aromatic carbocycles. The number of rotatable bonds is 4. The van der Waals surface area contributed by atoms with E-state index in [2.05, 4.69) is 0 Å². The van der Waals surface area contributed by atoms with E-state index in [1.54, 1.807) is 29.2 Å². The maximum Gasteiger partial charge on any atom is 0.341 e. The summed E-state index contributed by atoms with van der Waals surface area (Å²) in [6, 6.07) is 6.49. The van der Waals surface area contributed by atoms with Crippen molar-refractivity contribution in [3.8, 4) is 5.75 Å². The van der Waals surface area contributed by atoms with Gasteiger partial charge < -0.3 is 24.6 Å². The number of hydrogen-bond donors (Lipinski definition) is 2. The molecule has 2 heterocycles. The summed E-state index contributed by atoms with van der Waals surface area (Å²) >= 11 is 0. The van der Waals surface area contributed by atoms with Crippen LogP contribution in [-0.4, -0.2) is 65.0 Å². The van der Waals surface area contributed by atoms with Gasteiger partial charge in [0.1, 0.15) is 5.75 Å². The first-order chi connectivity index (χ1) is 11.5. The predicted octanol–water partition coefficient (Wildman–Crippen LogP) is 0.906. The van der Waals surface area contributed by atoms with Crippen molar-refractivity contribution in [1.29, 1.82) is 0 Å². The molecule has 7 nitrogen and oxygen atoms in total. The number of amides is 1. The molecule has 0 aliphatic carbocycles. The molecular weight excluding hydrogens is 314 g/mol. The quantitative estimate of drug-likeness (QED) is 0.849. The normalized spacial score (nSPS) is 22.5. The summed E-state index contributed by atoms with van der Waals surface area (Å²) in [5, 5.41) is 18.8. The Kier molecular flexibility index (Phi) is 4.73. The highest BCUT2D eigenvalue weighted by atomic mass is 16.5. The second-order valence-electron chi connectivity index (χ2n) is 6.32. The van der Waals surface area contributed by atoms with Gasteiger partial charge in [-0.15, -0.1) is 0 Å². The van der Waals surface area contributed by atoms with E-state index in [1.165, 1.54) is 0 Å². The van der Waals surface area contributed by atoms with Gasteiger partial charge in [0.15, 0.2) is 6.61 Å². The Hall–Kier alpha value is -2.12. The van der Waals surface area contributed by atoms with Crippen LogP contribution in [0.25, 0.3) is 0 Å². The number of nitrogens with zero attached hydrogens (tertiary/aromatic N) is 1. The van der Waals surface area contributed by atoms with Crippen molar-refractivity contribution < 1.29 is 29.3 Å². The van der Waals surface area contributed by atoms with Crippen LogP contribution in [-0.2, 0) is 9.53 Å². The lowest BCUT2D eigenvalue weighted by Gasteiger charge is -2.41. The molecule has 1 aromatic rings. The van der Waals surface area contributed by atoms with Gasteiger partial charge in [-0.3, -0.25) is 4.79 Å². The molecule has 0 saturated carbocycles. The van der Waals surface area contributed by atoms with Crippen molar-refractivity contribution in [3.05, 3.63) is 29.8 Å². The Morgan fingerprint density at radius 3 is 2.79 bits per heavy atom. The van der Waals surface area contributed by atoms with Crippen molar-refractivity contribution in [2.75, 3.05) is 26.4 Å². The molecule has 2 fully saturated rings. The smallest absolute Gasteiger partial charge is 0.341 e. The average molecular weight is 335 g/mol. The molecule has 2 N–H and O–H groups in total. The Morgan fingerprint density at radius 1 is 1.33 bits per heavy atom. The van der Waals surface area contributed by atoms with Gasteiger partial charge in [0.05, 0.1) is 11.6 Å².